The van der Waals surface area contributed by atoms with Crippen LogP contribution in [0.25, 0.3) is 0 Å². The van der Waals surface area contributed by atoms with Gasteiger partial charge in [0.2, 0.25) is 0 Å². The van der Waals surface area contributed by atoms with Crippen LogP contribution in [0.1, 0.15) is 16.7 Å². The maximum atomic E-state index is 10.7. The number of hydrogen-bond acceptors (Lipinski definition) is 4. The molecule has 0 amide bonds. The van der Waals surface area contributed by atoms with E-state index in [4.69, 9.17) is 9.52 Å². The number of furan rings is 1. The third-order valence-electron chi connectivity index (χ3n) is 2.26. The Labute approximate surface area is 85.7 Å². The summed E-state index contributed by atoms with van der Waals surface area (Å²) in [5, 5.41) is 11.9. The fourth-order valence-corrected chi connectivity index (χ4v) is 2.77. The second-order valence-electron chi connectivity index (χ2n) is 3.20. The SMILES string of the molecule is Cc1occc1C1N[C@@H](C(=O)O)CS1. The molecule has 1 fully saturated rings. The van der Waals surface area contributed by atoms with Crippen molar-refractivity contribution < 1.29 is 14.3 Å². The standard InChI is InChI=1S/C9H11NO3S/c1-5-6(2-3-13-5)8-10-7(4-14-8)9(11)12/h2-3,7-8,10H,4H2,1H3,(H,11,12)/t7-,8?/m1/s1. The summed E-state index contributed by atoms with van der Waals surface area (Å²) in [4.78, 5) is 10.7. The molecule has 1 unspecified atom stereocenters. The monoisotopic (exact) mass is 213 g/mol. The first-order valence-electron chi connectivity index (χ1n) is 4.33. The van der Waals surface area contributed by atoms with Gasteiger partial charge in [-0.2, -0.15) is 0 Å². The number of carboxylic acids is 1. The molecule has 0 saturated carbocycles. The average Bonchev–Trinajstić information content (AvgIpc) is 2.71. The summed E-state index contributed by atoms with van der Waals surface area (Å²) in [6.45, 7) is 1.88. The summed E-state index contributed by atoms with van der Waals surface area (Å²) in [5.41, 5.74) is 1.04. The summed E-state index contributed by atoms with van der Waals surface area (Å²) in [5.74, 6) is 0.659. The quantitative estimate of drug-likeness (QED) is 0.777. The minimum Gasteiger partial charge on any atom is -0.480 e. The maximum absolute atomic E-state index is 10.7. The zero-order chi connectivity index (χ0) is 10.1. The van der Waals surface area contributed by atoms with E-state index in [-0.39, 0.29) is 5.37 Å². The van der Waals surface area contributed by atoms with Crippen molar-refractivity contribution in [3.63, 3.8) is 0 Å². The molecule has 1 saturated heterocycles. The van der Waals surface area contributed by atoms with E-state index in [0.29, 0.717) is 5.75 Å². The molecule has 5 heteroatoms. The largest absolute Gasteiger partial charge is 0.480 e. The molecule has 0 aliphatic carbocycles. The van der Waals surface area contributed by atoms with Crippen molar-refractivity contribution in [1.29, 1.82) is 0 Å². The molecule has 0 bridgehead atoms. The molecule has 1 aromatic rings. The highest BCUT2D eigenvalue weighted by atomic mass is 32.2. The van der Waals surface area contributed by atoms with Gasteiger partial charge in [0.1, 0.15) is 11.8 Å². The lowest BCUT2D eigenvalue weighted by atomic mass is 10.2. The van der Waals surface area contributed by atoms with Crippen LogP contribution >= 0.6 is 11.8 Å². The van der Waals surface area contributed by atoms with E-state index < -0.39 is 12.0 Å². The topological polar surface area (TPSA) is 62.5 Å². The molecule has 14 heavy (non-hydrogen) atoms. The van der Waals surface area contributed by atoms with Crippen LogP contribution in [0.4, 0.5) is 0 Å². The average molecular weight is 213 g/mol. The van der Waals surface area contributed by atoms with Crippen LogP contribution in [-0.2, 0) is 4.79 Å². The van der Waals surface area contributed by atoms with Crippen molar-refractivity contribution >= 4 is 17.7 Å². The van der Waals surface area contributed by atoms with Crippen LogP contribution in [-0.4, -0.2) is 22.9 Å². The van der Waals surface area contributed by atoms with Gasteiger partial charge in [-0.1, -0.05) is 0 Å². The van der Waals surface area contributed by atoms with Gasteiger partial charge in [0.05, 0.1) is 11.6 Å². The fraction of sp³-hybridized carbons (Fsp3) is 0.444. The van der Waals surface area contributed by atoms with E-state index in [1.54, 1.807) is 18.0 Å². The number of aliphatic carboxylic acids is 1. The van der Waals surface area contributed by atoms with Gasteiger partial charge in [-0.25, -0.2) is 0 Å². The Morgan fingerprint density at radius 1 is 1.79 bits per heavy atom. The van der Waals surface area contributed by atoms with Gasteiger partial charge in [0.25, 0.3) is 0 Å². The Hall–Kier alpha value is -0.940. The van der Waals surface area contributed by atoms with Crippen molar-refractivity contribution in [2.45, 2.75) is 18.3 Å². The third kappa shape index (κ3) is 1.65. The van der Waals surface area contributed by atoms with Crippen molar-refractivity contribution in [1.82, 2.24) is 5.32 Å². The van der Waals surface area contributed by atoms with Crippen molar-refractivity contribution in [2.75, 3.05) is 5.75 Å². The Balaban J connectivity index is 2.10. The summed E-state index contributed by atoms with van der Waals surface area (Å²) in [7, 11) is 0. The molecule has 2 rings (SSSR count). The minimum absolute atomic E-state index is 0.0508. The first-order chi connectivity index (χ1) is 6.68. The smallest absolute Gasteiger partial charge is 0.321 e. The number of carboxylic acid groups (broad SMARTS) is 1. The molecule has 1 aliphatic heterocycles. The van der Waals surface area contributed by atoms with Crippen LogP contribution in [0.3, 0.4) is 0 Å². The molecule has 0 spiro atoms. The first-order valence-corrected chi connectivity index (χ1v) is 5.38. The van der Waals surface area contributed by atoms with Crippen LogP contribution in [0, 0.1) is 6.92 Å². The van der Waals surface area contributed by atoms with Crippen LogP contribution in [0.15, 0.2) is 16.7 Å². The van der Waals surface area contributed by atoms with Crippen LogP contribution < -0.4 is 5.32 Å². The molecular formula is C9H11NO3S. The molecule has 2 heterocycles. The molecule has 2 atom stereocenters. The highest BCUT2D eigenvalue weighted by molar-refractivity contribution is 7.99. The van der Waals surface area contributed by atoms with E-state index in [0.717, 1.165) is 11.3 Å². The van der Waals surface area contributed by atoms with Gasteiger partial charge >= 0.3 is 5.97 Å². The fourth-order valence-electron chi connectivity index (χ4n) is 1.46. The van der Waals surface area contributed by atoms with E-state index in [2.05, 4.69) is 5.32 Å². The van der Waals surface area contributed by atoms with E-state index in [9.17, 15) is 4.79 Å². The highest BCUT2D eigenvalue weighted by Gasteiger charge is 2.31. The predicted molar refractivity (Wildman–Crippen MR) is 53.2 cm³/mol. The second kappa shape index (κ2) is 3.67. The van der Waals surface area contributed by atoms with Gasteiger partial charge in [-0.3, -0.25) is 10.1 Å². The van der Waals surface area contributed by atoms with E-state index >= 15 is 0 Å². The van der Waals surface area contributed by atoms with Crippen LogP contribution in [0.2, 0.25) is 0 Å². The molecule has 0 aromatic carbocycles. The molecular weight excluding hydrogens is 202 g/mol. The summed E-state index contributed by atoms with van der Waals surface area (Å²) in [6.07, 6.45) is 1.63. The van der Waals surface area contributed by atoms with Gasteiger partial charge in [-0.05, 0) is 13.0 Å². The van der Waals surface area contributed by atoms with Crippen LogP contribution in [0.5, 0.6) is 0 Å². The van der Waals surface area contributed by atoms with E-state index in [1.807, 2.05) is 13.0 Å². The van der Waals surface area contributed by atoms with Gasteiger partial charge in [-0.15, -0.1) is 11.8 Å². The Morgan fingerprint density at radius 2 is 2.57 bits per heavy atom. The van der Waals surface area contributed by atoms with E-state index in [1.165, 1.54) is 0 Å². The molecule has 1 aromatic heterocycles. The number of thioether (sulfide) groups is 1. The van der Waals surface area contributed by atoms with Gasteiger partial charge < -0.3 is 9.52 Å². The third-order valence-corrected chi connectivity index (χ3v) is 3.51. The first kappa shape index (κ1) is 9.61. The lowest BCUT2D eigenvalue weighted by Crippen LogP contribution is -2.33. The molecule has 4 nitrogen and oxygen atoms in total. The molecule has 76 valence electrons. The van der Waals surface area contributed by atoms with Gasteiger partial charge in [0, 0.05) is 11.3 Å². The molecule has 2 N–H and O–H groups in total. The molecule has 1 aliphatic rings. The normalized spacial score (nSPS) is 26.6. The van der Waals surface area contributed by atoms with Gasteiger partial charge in [0.15, 0.2) is 0 Å². The summed E-state index contributed by atoms with van der Waals surface area (Å²) < 4.78 is 5.17. The number of carbonyl (C=O) groups is 1. The highest BCUT2D eigenvalue weighted by Crippen LogP contribution is 2.34. The molecule has 0 radical (unpaired) electrons. The van der Waals surface area contributed by atoms with Crippen molar-refractivity contribution in [2.24, 2.45) is 0 Å². The number of aryl methyl sites for hydroxylation is 1. The number of nitrogens with one attached hydrogen (secondary N) is 1. The summed E-state index contributed by atoms with van der Waals surface area (Å²) >= 11 is 1.60. The predicted octanol–water partition coefficient (Wildman–Crippen LogP) is 1.38. The Morgan fingerprint density at radius 3 is 3.07 bits per heavy atom. The lowest BCUT2D eigenvalue weighted by molar-refractivity contribution is -0.138. The Kier molecular flexibility index (Phi) is 2.52. The van der Waals surface area contributed by atoms with Crippen molar-refractivity contribution in [3.8, 4) is 0 Å². The number of hydrogen-bond donors (Lipinski definition) is 2. The number of rotatable bonds is 2. The zero-order valence-electron chi connectivity index (χ0n) is 7.69. The second-order valence-corrected chi connectivity index (χ2v) is 4.34. The lowest BCUT2D eigenvalue weighted by Gasteiger charge is -2.09. The zero-order valence-corrected chi connectivity index (χ0v) is 8.50. The van der Waals surface area contributed by atoms with Crippen molar-refractivity contribution in [3.05, 3.63) is 23.7 Å². The Bertz CT molecular complexity index is 350. The summed E-state index contributed by atoms with van der Waals surface area (Å²) in [6, 6.07) is 1.43. The minimum atomic E-state index is -0.791. The maximum Gasteiger partial charge on any atom is 0.321 e.